The average molecular weight is 1830 g/mol. The predicted molar refractivity (Wildman–Crippen MR) is 412 cm³/mol. The van der Waals surface area contributed by atoms with Crippen LogP contribution in [0.1, 0.15) is 280 Å². The number of carboxylic acids is 5. The van der Waals surface area contributed by atoms with Crippen molar-refractivity contribution in [1.29, 1.82) is 0 Å². The van der Waals surface area contributed by atoms with Crippen molar-refractivity contribution in [1.82, 2.24) is 0 Å². The lowest BCUT2D eigenvalue weighted by atomic mass is 9.99. The zero-order chi connectivity index (χ0) is 98.7. The normalized spacial score (nSPS) is 14.1. The molecule has 0 radical (unpaired) electrons. The van der Waals surface area contributed by atoms with Gasteiger partial charge in [-0.1, -0.05) is 24.3 Å². The van der Waals surface area contributed by atoms with Gasteiger partial charge >= 0.3 is 89.3 Å². The van der Waals surface area contributed by atoms with Crippen LogP contribution in [0.15, 0.2) is 121 Å². The van der Waals surface area contributed by atoms with Gasteiger partial charge in [-0.15, -0.1) is 0 Å². The Kier molecular flexibility index (Phi) is 36.3. The fourth-order valence-corrected chi connectivity index (χ4v) is 10.8. The summed E-state index contributed by atoms with van der Waals surface area (Å²) < 4.78 is 190. The average Bonchev–Trinajstić information content (AvgIpc) is 1.43. The summed E-state index contributed by atoms with van der Waals surface area (Å²) in [5.74, 6) is -44.8. The number of halogens is 10. The zero-order valence-electron chi connectivity index (χ0n) is 72.8. The minimum Gasteiger partial charge on any atom is -0.544 e. The molecular formula is C87H95F10O31-5. The van der Waals surface area contributed by atoms with Crippen LogP contribution in [0.4, 0.5) is 43.9 Å². The van der Waals surface area contributed by atoms with E-state index in [1.54, 1.807) is 48.5 Å². The van der Waals surface area contributed by atoms with Gasteiger partial charge in [0.2, 0.25) is 0 Å². The molecule has 2 aliphatic carbocycles. The standard InChI is InChI=1S/2C19H22F2O6.2C17H20F2O6.C15H16F2O7/c1-17(2,19(20,21)16(24)25)26-14(22)12-6-8-13(9-7-12)15(23)27-18(3)10-4-5-11-18;1-17(2,19(20,21)16(24)25)26-14(22)12-8-4-5-9-13(12)15(23)27-18(3)10-6-7-11-18;1-15(2,3)24-12(20)10-6-8-11(9-7-10)13(21)25-16(4,5)17(18,19)14(22)23;1-15(2,3)24-12(20)10-8-6-7-9-11(10)13(21)25-16(4,5)17(18,19)14(22)23;1-14(2,15(16,17)13(20)21)24-12(19)10-6-4-9(5-7-10)11(18)23-8-22-3/h6-9H,4-5,10-11H2,1-3H3,(H,24,25);4-5,8-9H,6-7,10-11H2,1-3H3,(H,24,25);2*6-9H,1-5H3,(H,22,23);4-7H,8H2,1-3H3,(H,20,21)/p-5. The van der Waals surface area contributed by atoms with Crippen LogP contribution in [0.5, 0.6) is 0 Å². The van der Waals surface area contributed by atoms with Crippen LogP contribution in [0.25, 0.3) is 0 Å². The topological polar surface area (TPSA) is 473 Å². The summed E-state index contributed by atoms with van der Waals surface area (Å²) in [4.78, 5) is 174. The molecule has 0 saturated heterocycles. The first-order valence-corrected chi connectivity index (χ1v) is 38.4. The smallest absolute Gasteiger partial charge is 0.340 e. The maximum atomic E-state index is 13.7. The third-order valence-corrected chi connectivity index (χ3v) is 18.7. The van der Waals surface area contributed by atoms with Crippen molar-refractivity contribution < 1.29 is 193 Å². The van der Waals surface area contributed by atoms with Crippen molar-refractivity contribution in [3.05, 3.63) is 177 Å². The highest BCUT2D eigenvalue weighted by atomic mass is 19.3. The number of hydrogen-bond donors (Lipinski definition) is 0. The minimum atomic E-state index is -4.43. The number of aliphatic carboxylic acids is 5. The van der Waals surface area contributed by atoms with Crippen molar-refractivity contribution in [2.45, 2.75) is 256 Å². The molecule has 0 amide bonds. The molecule has 7 rings (SSSR count). The fourth-order valence-electron chi connectivity index (χ4n) is 10.8. The van der Waals surface area contributed by atoms with E-state index >= 15 is 0 Å². The molecule has 2 fully saturated rings. The lowest BCUT2D eigenvalue weighted by Gasteiger charge is -2.34. The highest BCUT2D eigenvalue weighted by Gasteiger charge is 2.56. The number of carbonyl (C=O) groups excluding carboxylic acids is 15. The van der Waals surface area contributed by atoms with Gasteiger partial charge in [0.05, 0.1) is 55.6 Å². The van der Waals surface area contributed by atoms with Gasteiger partial charge in [-0.05, 0) is 273 Å². The fraction of sp³-hybridized carbons (Fsp3) is 0.483. The number of alkyl halides is 10. The number of benzene rings is 5. The second kappa shape index (κ2) is 42.3. The first kappa shape index (κ1) is 110. The molecule has 5 aromatic rings. The lowest BCUT2D eigenvalue weighted by molar-refractivity contribution is -0.342. The summed E-state index contributed by atoms with van der Waals surface area (Å²) in [5, 5.41) is 52.8. The van der Waals surface area contributed by atoms with Gasteiger partial charge in [-0.25, -0.2) is 47.9 Å². The van der Waals surface area contributed by atoms with E-state index in [1.807, 2.05) is 6.92 Å². The molecular weight excluding hydrogens is 1730 g/mol. The summed E-state index contributed by atoms with van der Waals surface area (Å²) in [6.45, 7) is 20.9. The van der Waals surface area contributed by atoms with Crippen LogP contribution in [0.2, 0.25) is 0 Å². The van der Waals surface area contributed by atoms with Crippen LogP contribution in [0, 0.1) is 0 Å². The first-order chi connectivity index (χ1) is 58.2. The molecule has 0 atom stereocenters. The molecule has 5 aromatic carbocycles. The van der Waals surface area contributed by atoms with Gasteiger partial charge in [0.25, 0.3) is 0 Å². The van der Waals surface area contributed by atoms with Gasteiger partial charge in [0.1, 0.15) is 52.3 Å². The second-order valence-electron chi connectivity index (χ2n) is 33.6. The summed E-state index contributed by atoms with van der Waals surface area (Å²) in [5.41, 5.74) is -16.8. The van der Waals surface area contributed by atoms with Crippen molar-refractivity contribution in [3.63, 3.8) is 0 Å². The Labute approximate surface area is 727 Å². The number of rotatable bonds is 29. The number of ether oxygens (including phenoxy) is 11. The molecule has 0 unspecified atom stereocenters. The molecule has 0 heterocycles. The van der Waals surface area contributed by atoms with Crippen LogP contribution >= 0.6 is 0 Å². The van der Waals surface area contributed by atoms with Crippen LogP contribution in [-0.2, 0) is 76.1 Å². The number of carboxylic acid groups (broad SMARTS) is 5. The number of carbonyl (C=O) groups is 15. The SMILES string of the molecule is CC(C)(C)OC(=O)c1ccc(C(=O)OC(C)(C)C(F)(F)C(=O)[O-])cc1.CC(C)(C)OC(=O)c1ccccc1C(=O)OC(C)(C)C(F)(F)C(=O)[O-].CC1(OC(=O)c2ccc(C(=O)OC(C)(C)C(F)(F)C(=O)[O-])cc2)CCCC1.CC1(OC(=O)c2ccccc2C(=O)OC(C)(C)C(F)(F)C(=O)[O-])CCCC1.COCOC(=O)c1ccc(C(=O)OC(C)(C)C(F)(F)C(=O)[O-])cc1. The van der Waals surface area contributed by atoms with E-state index in [1.165, 1.54) is 116 Å². The Bertz CT molecular complexity index is 4870. The largest absolute Gasteiger partial charge is 0.544 e. The predicted octanol–water partition coefficient (Wildman–Crippen LogP) is 9.69. The Morgan fingerprint density at radius 3 is 0.672 bits per heavy atom. The maximum absolute atomic E-state index is 13.7. The number of esters is 10. The quantitative estimate of drug-likeness (QED) is 0.0186. The van der Waals surface area contributed by atoms with E-state index in [0.29, 0.717) is 12.8 Å². The first-order valence-electron chi connectivity index (χ1n) is 38.4. The van der Waals surface area contributed by atoms with Crippen LogP contribution < -0.4 is 25.5 Å². The highest BCUT2D eigenvalue weighted by molar-refractivity contribution is 6.05. The second-order valence-corrected chi connectivity index (χ2v) is 33.6. The van der Waals surface area contributed by atoms with Gasteiger partial charge in [0.15, 0.2) is 34.8 Å². The molecule has 2 saturated carbocycles. The van der Waals surface area contributed by atoms with Crippen molar-refractivity contribution in [3.8, 4) is 0 Å². The lowest BCUT2D eigenvalue weighted by Crippen LogP contribution is -2.57. The Morgan fingerprint density at radius 1 is 0.273 bits per heavy atom. The van der Waals surface area contributed by atoms with E-state index < -0.39 is 170 Å². The molecule has 31 nitrogen and oxygen atoms in total. The van der Waals surface area contributed by atoms with Gasteiger partial charge < -0.3 is 102 Å². The van der Waals surface area contributed by atoms with E-state index in [0.717, 1.165) is 120 Å². The molecule has 0 bridgehead atoms. The maximum Gasteiger partial charge on any atom is 0.340 e. The van der Waals surface area contributed by atoms with E-state index in [-0.39, 0.29) is 62.4 Å². The number of methoxy groups -OCH3 is 1. The summed E-state index contributed by atoms with van der Waals surface area (Å²) >= 11 is 0. The summed E-state index contributed by atoms with van der Waals surface area (Å²) in [6.07, 6.45) is 6.75. The Balaban J connectivity index is 0.000000413. The van der Waals surface area contributed by atoms with Crippen LogP contribution in [-0.4, -0.2) is 183 Å². The van der Waals surface area contributed by atoms with Crippen molar-refractivity contribution in [2.24, 2.45) is 0 Å². The minimum absolute atomic E-state index is 0.0999. The molecule has 2 aliphatic rings. The summed E-state index contributed by atoms with van der Waals surface area (Å²) in [7, 11) is 1.33. The molecule has 0 spiro atoms. The third-order valence-electron chi connectivity index (χ3n) is 18.7. The molecule has 704 valence electrons. The third kappa shape index (κ3) is 29.2. The van der Waals surface area contributed by atoms with E-state index in [2.05, 4.69) is 28.4 Å². The highest BCUT2D eigenvalue weighted by Crippen LogP contribution is 2.40. The van der Waals surface area contributed by atoms with Gasteiger partial charge in [-0.2, -0.15) is 43.9 Å². The molecule has 0 aromatic heterocycles. The molecule has 128 heavy (non-hydrogen) atoms. The zero-order valence-corrected chi connectivity index (χ0v) is 72.8. The van der Waals surface area contributed by atoms with Crippen molar-refractivity contribution in [2.75, 3.05) is 13.9 Å². The van der Waals surface area contributed by atoms with Gasteiger partial charge in [0, 0.05) is 7.11 Å². The molecule has 41 heteroatoms. The van der Waals surface area contributed by atoms with Crippen molar-refractivity contribution >= 4 is 89.5 Å². The van der Waals surface area contributed by atoms with Gasteiger partial charge in [-0.3, -0.25) is 0 Å². The monoisotopic (exact) mass is 1830 g/mol. The number of hydrogen-bond acceptors (Lipinski definition) is 31. The molecule has 0 N–H and O–H groups in total. The van der Waals surface area contributed by atoms with Crippen LogP contribution in [0.3, 0.4) is 0 Å². The van der Waals surface area contributed by atoms with E-state index in [4.69, 9.17) is 23.7 Å². The summed E-state index contributed by atoms with van der Waals surface area (Å²) in [6, 6.07) is 25.5. The Morgan fingerprint density at radius 2 is 0.453 bits per heavy atom. The van der Waals surface area contributed by atoms with E-state index in [9.17, 15) is 141 Å². The Hall–Kier alpha value is -12.6. The molecule has 0 aliphatic heterocycles.